The molecule has 1 aromatic carbocycles. The number of amides is 1. The lowest BCUT2D eigenvalue weighted by molar-refractivity contribution is 0.0946. The molecule has 1 amide bonds. The Bertz CT molecular complexity index is 911. The van der Waals surface area contributed by atoms with E-state index in [-0.39, 0.29) is 17.9 Å². The van der Waals surface area contributed by atoms with E-state index in [1.54, 1.807) is 0 Å². The van der Waals surface area contributed by atoms with E-state index in [0.29, 0.717) is 0 Å². The van der Waals surface area contributed by atoms with Crippen LogP contribution < -0.4 is 27.2 Å². The van der Waals surface area contributed by atoms with Crippen molar-refractivity contribution in [2.24, 2.45) is 0 Å². The molecule has 0 saturated carbocycles. The van der Waals surface area contributed by atoms with Gasteiger partial charge in [0, 0.05) is 38.4 Å². The molecule has 1 fully saturated rings. The standard InChI is InChI=1S/C17H22N6O3/c1-22-5-7-23(8-6-22)12-4-2-3-11(9-12)10-19-16(25)14-13(18)15(24)21-17(26)20-14/h2-4,9H,5-8,10,18H2,1H3,(H,19,25)(H2,20,21,24,26). The van der Waals surface area contributed by atoms with Gasteiger partial charge in [-0.1, -0.05) is 12.1 Å². The lowest BCUT2D eigenvalue weighted by atomic mass is 10.1. The third-order valence-corrected chi connectivity index (χ3v) is 4.44. The highest BCUT2D eigenvalue weighted by atomic mass is 16.2. The number of carbonyl (C=O) groups excluding carboxylic acids is 1. The summed E-state index contributed by atoms with van der Waals surface area (Å²) in [5, 5.41) is 2.68. The zero-order valence-corrected chi connectivity index (χ0v) is 14.5. The molecule has 9 heteroatoms. The van der Waals surface area contributed by atoms with Crippen molar-refractivity contribution in [1.29, 1.82) is 0 Å². The molecule has 138 valence electrons. The molecular formula is C17H22N6O3. The van der Waals surface area contributed by atoms with E-state index >= 15 is 0 Å². The monoisotopic (exact) mass is 358 g/mol. The fourth-order valence-electron chi connectivity index (χ4n) is 2.87. The summed E-state index contributed by atoms with van der Waals surface area (Å²) in [6, 6.07) is 7.92. The van der Waals surface area contributed by atoms with Gasteiger partial charge in [-0.05, 0) is 24.7 Å². The van der Waals surface area contributed by atoms with Gasteiger partial charge in [-0.3, -0.25) is 14.6 Å². The summed E-state index contributed by atoms with van der Waals surface area (Å²) < 4.78 is 0. The van der Waals surface area contributed by atoms with E-state index < -0.39 is 17.2 Å². The van der Waals surface area contributed by atoms with E-state index in [0.717, 1.165) is 37.4 Å². The van der Waals surface area contributed by atoms with Crippen LogP contribution in [0.3, 0.4) is 0 Å². The summed E-state index contributed by atoms with van der Waals surface area (Å²) in [7, 11) is 2.11. The molecule has 2 heterocycles. The van der Waals surface area contributed by atoms with Gasteiger partial charge in [-0.25, -0.2) is 4.79 Å². The first-order valence-corrected chi connectivity index (χ1v) is 8.37. The number of likely N-dealkylation sites (N-methyl/N-ethyl adjacent to an activating group) is 1. The summed E-state index contributed by atoms with van der Waals surface area (Å²) in [5.41, 5.74) is 5.50. The van der Waals surface area contributed by atoms with Gasteiger partial charge >= 0.3 is 5.69 Å². The van der Waals surface area contributed by atoms with E-state index in [4.69, 9.17) is 5.73 Å². The van der Waals surface area contributed by atoms with Crippen LogP contribution in [0.2, 0.25) is 0 Å². The molecule has 9 nitrogen and oxygen atoms in total. The average molecular weight is 358 g/mol. The first kappa shape index (κ1) is 17.7. The largest absolute Gasteiger partial charge is 0.392 e. The average Bonchev–Trinajstić information content (AvgIpc) is 2.63. The number of aromatic nitrogens is 2. The molecular weight excluding hydrogens is 336 g/mol. The number of nitrogens with one attached hydrogen (secondary N) is 3. The predicted octanol–water partition coefficient (Wildman–Crippen LogP) is -0.673. The minimum atomic E-state index is -0.782. The fraction of sp³-hybridized carbons (Fsp3) is 0.353. The summed E-state index contributed by atoms with van der Waals surface area (Å²) in [4.78, 5) is 43.9. The van der Waals surface area contributed by atoms with Crippen molar-refractivity contribution >= 4 is 17.3 Å². The van der Waals surface area contributed by atoms with E-state index in [1.165, 1.54) is 0 Å². The number of rotatable bonds is 4. The van der Waals surface area contributed by atoms with Crippen LogP contribution in [-0.2, 0) is 6.54 Å². The second-order valence-electron chi connectivity index (χ2n) is 6.34. The Morgan fingerprint density at radius 3 is 2.65 bits per heavy atom. The number of anilines is 2. The minimum Gasteiger partial charge on any atom is -0.392 e. The lowest BCUT2D eigenvalue weighted by Gasteiger charge is -2.34. The molecule has 2 aromatic rings. The Kier molecular flexibility index (Phi) is 5.08. The normalized spacial score (nSPS) is 15.0. The van der Waals surface area contributed by atoms with Crippen LogP contribution in [0.4, 0.5) is 11.4 Å². The highest BCUT2D eigenvalue weighted by Crippen LogP contribution is 2.18. The molecule has 26 heavy (non-hydrogen) atoms. The Hall–Kier alpha value is -3.07. The van der Waals surface area contributed by atoms with E-state index in [9.17, 15) is 14.4 Å². The van der Waals surface area contributed by atoms with Crippen molar-refractivity contribution in [2.45, 2.75) is 6.54 Å². The number of nitrogens with zero attached hydrogens (tertiary/aromatic N) is 2. The second-order valence-corrected chi connectivity index (χ2v) is 6.34. The molecule has 0 unspecified atom stereocenters. The summed E-state index contributed by atoms with van der Waals surface area (Å²) >= 11 is 0. The van der Waals surface area contributed by atoms with Crippen LogP contribution in [0.15, 0.2) is 33.9 Å². The van der Waals surface area contributed by atoms with Gasteiger partial charge in [-0.2, -0.15) is 0 Å². The van der Waals surface area contributed by atoms with Crippen molar-refractivity contribution in [2.75, 3.05) is 43.9 Å². The van der Waals surface area contributed by atoms with Crippen molar-refractivity contribution in [3.8, 4) is 0 Å². The minimum absolute atomic E-state index is 0.228. The Labute approximate surface area is 149 Å². The number of H-pyrrole nitrogens is 2. The van der Waals surface area contributed by atoms with Crippen LogP contribution in [0, 0.1) is 0 Å². The molecule has 0 aliphatic carbocycles. The van der Waals surface area contributed by atoms with Crippen molar-refractivity contribution in [3.05, 3.63) is 56.4 Å². The van der Waals surface area contributed by atoms with E-state index in [1.807, 2.05) is 29.2 Å². The van der Waals surface area contributed by atoms with Gasteiger partial charge in [0.2, 0.25) is 0 Å². The van der Waals surface area contributed by atoms with Crippen LogP contribution in [0.1, 0.15) is 16.1 Å². The highest BCUT2D eigenvalue weighted by molar-refractivity contribution is 5.96. The maximum absolute atomic E-state index is 12.2. The lowest BCUT2D eigenvalue weighted by Crippen LogP contribution is -2.44. The zero-order valence-electron chi connectivity index (χ0n) is 14.5. The number of nitrogen functional groups attached to an aromatic ring is 1. The number of piperazine rings is 1. The van der Waals surface area contributed by atoms with Crippen LogP contribution in [0.25, 0.3) is 0 Å². The molecule has 0 spiro atoms. The molecule has 1 saturated heterocycles. The molecule has 1 aliphatic heterocycles. The van der Waals surface area contributed by atoms with Crippen LogP contribution in [0.5, 0.6) is 0 Å². The Morgan fingerprint density at radius 1 is 1.19 bits per heavy atom. The van der Waals surface area contributed by atoms with Gasteiger partial charge in [0.15, 0.2) is 0 Å². The number of nitrogens with two attached hydrogens (primary N) is 1. The zero-order chi connectivity index (χ0) is 18.7. The Balaban J connectivity index is 1.68. The van der Waals surface area contributed by atoms with Gasteiger partial charge < -0.3 is 25.8 Å². The number of carbonyl (C=O) groups is 1. The maximum atomic E-state index is 12.2. The van der Waals surface area contributed by atoms with Gasteiger partial charge in [0.25, 0.3) is 11.5 Å². The number of hydrogen-bond acceptors (Lipinski definition) is 6. The molecule has 1 aliphatic rings. The predicted molar refractivity (Wildman–Crippen MR) is 99.4 cm³/mol. The number of benzene rings is 1. The molecule has 5 N–H and O–H groups in total. The van der Waals surface area contributed by atoms with Gasteiger partial charge in [0.1, 0.15) is 11.4 Å². The third kappa shape index (κ3) is 3.94. The molecule has 0 atom stereocenters. The fourth-order valence-corrected chi connectivity index (χ4v) is 2.87. The van der Waals surface area contributed by atoms with Crippen molar-refractivity contribution in [3.63, 3.8) is 0 Å². The summed E-state index contributed by atoms with van der Waals surface area (Å²) in [6.45, 7) is 4.19. The smallest absolute Gasteiger partial charge is 0.326 e. The molecule has 1 aromatic heterocycles. The van der Waals surface area contributed by atoms with Crippen LogP contribution >= 0.6 is 0 Å². The molecule has 0 radical (unpaired) electrons. The third-order valence-electron chi connectivity index (χ3n) is 4.44. The van der Waals surface area contributed by atoms with Gasteiger partial charge in [0.05, 0.1) is 0 Å². The first-order chi connectivity index (χ1) is 12.4. The number of hydrogen-bond donors (Lipinski definition) is 4. The topological polar surface area (TPSA) is 127 Å². The van der Waals surface area contributed by atoms with E-state index in [2.05, 4.69) is 27.1 Å². The summed E-state index contributed by atoms with van der Waals surface area (Å²) in [5.74, 6) is -0.601. The van der Waals surface area contributed by atoms with Crippen LogP contribution in [-0.4, -0.2) is 54.0 Å². The first-order valence-electron chi connectivity index (χ1n) is 8.37. The highest BCUT2D eigenvalue weighted by Gasteiger charge is 2.16. The van der Waals surface area contributed by atoms with Crippen molar-refractivity contribution in [1.82, 2.24) is 20.2 Å². The SMILES string of the molecule is CN1CCN(c2cccc(CNC(=O)c3[nH]c(=O)[nH]c(=O)c3N)c2)CC1. The molecule has 0 bridgehead atoms. The number of aromatic amines is 2. The van der Waals surface area contributed by atoms with Gasteiger partial charge in [-0.15, -0.1) is 0 Å². The Morgan fingerprint density at radius 2 is 1.92 bits per heavy atom. The van der Waals surface area contributed by atoms with Crippen molar-refractivity contribution < 1.29 is 4.79 Å². The maximum Gasteiger partial charge on any atom is 0.326 e. The second kappa shape index (κ2) is 7.44. The quantitative estimate of drug-likeness (QED) is 0.574. The molecule has 3 rings (SSSR count). The summed E-state index contributed by atoms with van der Waals surface area (Å²) in [6.07, 6.45) is 0.